The van der Waals surface area contributed by atoms with Crippen molar-refractivity contribution in [3.8, 4) is 0 Å². The molecule has 2 rings (SSSR count). The van der Waals surface area contributed by atoms with E-state index in [0.717, 1.165) is 10.9 Å². The number of nitrogens with one attached hydrogen (secondary N) is 1. The van der Waals surface area contributed by atoms with Crippen LogP contribution in [0.2, 0.25) is 0 Å². The molecule has 0 aliphatic carbocycles. The largest absolute Gasteiger partial charge is 0.481 e. The number of fused-ring (bicyclic) bond motifs is 1. The molecule has 2 aromatic rings. The Kier molecular flexibility index (Phi) is 4.08. The van der Waals surface area contributed by atoms with Crippen molar-refractivity contribution in [2.75, 3.05) is 0 Å². The minimum Gasteiger partial charge on any atom is -0.481 e. The molecule has 106 valence electrons. The van der Waals surface area contributed by atoms with Gasteiger partial charge in [-0.3, -0.25) is 9.59 Å². The lowest BCUT2D eigenvalue weighted by atomic mass is 10.1. The third-order valence-electron chi connectivity index (χ3n) is 3.30. The average Bonchev–Trinajstić information content (AvgIpc) is 2.75. The first-order chi connectivity index (χ1) is 9.52. The van der Waals surface area contributed by atoms with Gasteiger partial charge in [-0.2, -0.15) is 0 Å². The van der Waals surface area contributed by atoms with Crippen LogP contribution in [0.4, 0.5) is 0 Å². The van der Waals surface area contributed by atoms with Gasteiger partial charge >= 0.3 is 5.97 Å². The summed E-state index contributed by atoms with van der Waals surface area (Å²) in [4.78, 5) is 22.9. The first-order valence-electron chi connectivity index (χ1n) is 6.53. The second kappa shape index (κ2) is 5.77. The molecule has 0 aliphatic rings. The number of carbonyl (C=O) groups excluding carboxylic acids is 1. The van der Waals surface area contributed by atoms with Crippen molar-refractivity contribution < 1.29 is 19.1 Å². The van der Waals surface area contributed by atoms with Crippen LogP contribution in [-0.4, -0.2) is 23.0 Å². The molecule has 0 radical (unpaired) electrons. The van der Waals surface area contributed by atoms with Crippen LogP contribution in [-0.2, 0) is 4.79 Å². The topological polar surface area (TPSA) is 79.5 Å². The summed E-state index contributed by atoms with van der Waals surface area (Å²) in [5.74, 6) is -1.06. The maximum Gasteiger partial charge on any atom is 0.305 e. The molecule has 20 heavy (non-hydrogen) atoms. The van der Waals surface area contributed by atoms with Crippen molar-refractivity contribution in [2.24, 2.45) is 0 Å². The molecular weight excluding hydrogens is 258 g/mol. The molecule has 5 nitrogen and oxygen atoms in total. The molecule has 0 aliphatic heterocycles. The molecule has 1 unspecified atom stereocenters. The van der Waals surface area contributed by atoms with Gasteiger partial charge < -0.3 is 14.8 Å². The van der Waals surface area contributed by atoms with E-state index < -0.39 is 12.0 Å². The molecule has 1 aromatic carbocycles. The summed E-state index contributed by atoms with van der Waals surface area (Å²) < 4.78 is 5.55. The van der Waals surface area contributed by atoms with Gasteiger partial charge in [0, 0.05) is 17.0 Å². The van der Waals surface area contributed by atoms with Gasteiger partial charge in [-0.15, -0.1) is 0 Å². The van der Waals surface area contributed by atoms with Crippen molar-refractivity contribution in [1.29, 1.82) is 0 Å². The Labute approximate surface area is 116 Å². The number of benzene rings is 1. The van der Waals surface area contributed by atoms with E-state index >= 15 is 0 Å². The normalized spacial score (nSPS) is 12.3. The molecule has 1 amide bonds. The van der Waals surface area contributed by atoms with Crippen molar-refractivity contribution in [3.05, 3.63) is 35.6 Å². The third-order valence-corrected chi connectivity index (χ3v) is 3.30. The molecule has 2 N–H and O–H groups in total. The van der Waals surface area contributed by atoms with Crippen molar-refractivity contribution >= 4 is 22.8 Å². The Morgan fingerprint density at radius 3 is 2.65 bits per heavy atom. The second-order valence-corrected chi connectivity index (χ2v) is 4.73. The number of carboxylic acid groups (broad SMARTS) is 1. The van der Waals surface area contributed by atoms with Crippen molar-refractivity contribution in [1.82, 2.24) is 5.32 Å². The Morgan fingerprint density at radius 2 is 2.05 bits per heavy atom. The number of aliphatic carboxylic acids is 1. The number of para-hydroxylation sites is 1. The summed E-state index contributed by atoms with van der Waals surface area (Å²) in [5, 5.41) is 12.4. The standard InChI is InChI=1S/C15H17NO4/c1-3-10(8-13(17)18)16-15(19)14-9(2)11-6-4-5-7-12(11)20-14/h4-7,10H,3,8H2,1-2H3,(H,16,19)(H,17,18). The molecule has 1 atom stereocenters. The SMILES string of the molecule is CCC(CC(=O)O)NC(=O)c1oc2ccccc2c1C. The molecule has 0 fully saturated rings. The van der Waals surface area contributed by atoms with Crippen LogP contribution in [0.15, 0.2) is 28.7 Å². The van der Waals surface area contributed by atoms with E-state index in [1.807, 2.05) is 32.0 Å². The van der Waals surface area contributed by atoms with Crippen LogP contribution in [0.1, 0.15) is 35.9 Å². The number of hydrogen-bond donors (Lipinski definition) is 2. The monoisotopic (exact) mass is 275 g/mol. The Bertz CT molecular complexity index is 644. The van der Waals surface area contributed by atoms with E-state index in [1.165, 1.54) is 0 Å². The summed E-state index contributed by atoms with van der Waals surface area (Å²) >= 11 is 0. The Hall–Kier alpha value is -2.30. The lowest BCUT2D eigenvalue weighted by molar-refractivity contribution is -0.137. The fourth-order valence-corrected chi connectivity index (χ4v) is 2.15. The van der Waals surface area contributed by atoms with Crippen molar-refractivity contribution in [2.45, 2.75) is 32.7 Å². The van der Waals surface area contributed by atoms with Crippen LogP contribution in [0.5, 0.6) is 0 Å². The first kappa shape index (κ1) is 14.1. The molecule has 0 saturated carbocycles. The lowest BCUT2D eigenvalue weighted by Gasteiger charge is -2.13. The molecular formula is C15H17NO4. The molecule has 5 heteroatoms. The number of furan rings is 1. The molecule has 0 spiro atoms. The molecule has 0 saturated heterocycles. The van der Waals surface area contributed by atoms with Gasteiger partial charge in [-0.1, -0.05) is 25.1 Å². The number of carboxylic acids is 1. The van der Waals surface area contributed by atoms with Gasteiger partial charge in [0.05, 0.1) is 6.42 Å². The molecule has 0 bridgehead atoms. The van der Waals surface area contributed by atoms with Gasteiger partial charge in [-0.05, 0) is 19.4 Å². The predicted octanol–water partition coefficient (Wildman–Crippen LogP) is 2.72. The predicted molar refractivity (Wildman–Crippen MR) is 74.7 cm³/mol. The van der Waals surface area contributed by atoms with Crippen LogP contribution >= 0.6 is 0 Å². The number of carbonyl (C=O) groups is 2. The number of rotatable bonds is 5. The van der Waals surface area contributed by atoms with Gasteiger partial charge in [0.15, 0.2) is 5.76 Å². The summed E-state index contributed by atoms with van der Waals surface area (Å²) in [6.07, 6.45) is 0.457. The van der Waals surface area contributed by atoms with Crippen LogP contribution in [0, 0.1) is 6.92 Å². The minimum atomic E-state index is -0.932. The summed E-state index contributed by atoms with van der Waals surface area (Å²) in [6.45, 7) is 3.65. The van der Waals surface area contributed by atoms with E-state index in [1.54, 1.807) is 6.07 Å². The van der Waals surface area contributed by atoms with Gasteiger partial charge in [0.25, 0.3) is 5.91 Å². The zero-order chi connectivity index (χ0) is 14.7. The van der Waals surface area contributed by atoms with Crippen LogP contribution in [0.25, 0.3) is 11.0 Å². The second-order valence-electron chi connectivity index (χ2n) is 4.73. The summed E-state index contributed by atoms with van der Waals surface area (Å²) in [6, 6.07) is 7.01. The summed E-state index contributed by atoms with van der Waals surface area (Å²) in [5.41, 5.74) is 1.42. The van der Waals surface area contributed by atoms with Crippen LogP contribution < -0.4 is 5.32 Å². The van der Waals surface area contributed by atoms with Crippen molar-refractivity contribution in [3.63, 3.8) is 0 Å². The first-order valence-corrected chi connectivity index (χ1v) is 6.53. The molecule has 1 aromatic heterocycles. The zero-order valence-electron chi connectivity index (χ0n) is 11.5. The van der Waals surface area contributed by atoms with Gasteiger partial charge in [0.1, 0.15) is 5.58 Å². The third kappa shape index (κ3) is 2.82. The van der Waals surface area contributed by atoms with Crippen LogP contribution in [0.3, 0.4) is 0 Å². The number of amides is 1. The highest BCUT2D eigenvalue weighted by Crippen LogP contribution is 2.24. The fourth-order valence-electron chi connectivity index (χ4n) is 2.15. The minimum absolute atomic E-state index is 0.0957. The zero-order valence-corrected chi connectivity index (χ0v) is 11.5. The van der Waals surface area contributed by atoms with E-state index in [2.05, 4.69) is 5.32 Å². The number of hydrogen-bond acceptors (Lipinski definition) is 3. The highest BCUT2D eigenvalue weighted by atomic mass is 16.4. The Balaban J connectivity index is 2.22. The van der Waals surface area contributed by atoms with E-state index in [4.69, 9.17) is 9.52 Å². The average molecular weight is 275 g/mol. The number of aryl methyl sites for hydroxylation is 1. The van der Waals surface area contributed by atoms with Gasteiger partial charge in [-0.25, -0.2) is 0 Å². The smallest absolute Gasteiger partial charge is 0.305 e. The molecule has 1 heterocycles. The van der Waals surface area contributed by atoms with E-state index in [9.17, 15) is 9.59 Å². The maximum absolute atomic E-state index is 12.2. The van der Waals surface area contributed by atoms with Gasteiger partial charge in [0.2, 0.25) is 0 Å². The highest BCUT2D eigenvalue weighted by Gasteiger charge is 2.21. The van der Waals surface area contributed by atoms with E-state index in [-0.39, 0.29) is 18.1 Å². The maximum atomic E-state index is 12.2. The quantitative estimate of drug-likeness (QED) is 0.879. The Morgan fingerprint density at radius 1 is 1.35 bits per heavy atom. The summed E-state index contributed by atoms with van der Waals surface area (Å²) in [7, 11) is 0. The highest BCUT2D eigenvalue weighted by molar-refractivity contribution is 5.99. The van der Waals surface area contributed by atoms with E-state index in [0.29, 0.717) is 12.0 Å². The fraction of sp³-hybridized carbons (Fsp3) is 0.333. The lowest BCUT2D eigenvalue weighted by Crippen LogP contribution is -2.36.